The minimum Gasteiger partial charge on any atom is -0.496 e. The Labute approximate surface area is 381 Å². The van der Waals surface area contributed by atoms with Crippen LogP contribution in [0.15, 0.2) is 18.2 Å². The Bertz CT molecular complexity index is 7120. The zero-order valence-corrected chi connectivity index (χ0v) is 36.1. The molecular formula is C68H10O2. The lowest BCUT2D eigenvalue weighted by atomic mass is 9.54. The Morgan fingerprint density at radius 2 is 0.400 bits per heavy atom. The van der Waals surface area contributed by atoms with Crippen LogP contribution in [0.1, 0.15) is 33.7 Å². The number of rotatable bonds is 3. The summed E-state index contributed by atoms with van der Waals surface area (Å²) in [5.74, 6) is 2.02. The van der Waals surface area contributed by atoms with Crippen molar-refractivity contribution >= 4 is 291 Å². The molecule has 33 rings (SSSR count). The lowest BCUT2D eigenvalue weighted by Crippen LogP contribution is -2.39. The molecule has 0 atom stereocenters. The van der Waals surface area contributed by atoms with Crippen molar-refractivity contribution in [2.75, 3.05) is 14.2 Å². The SMILES string of the molecule is COc1cccc(OC)c1C12c3c4c5c6c7c8c(c9c%10c1c1c3c3c%11c4c4c5c5c7c7c%12c8c8c9c9c%10c%10c1c1c3c3c%11c%11c4c4c5c7c5c7c%12c8c8c9c9c%10c1c1c3c3c%11c4c5c4c7c8c9c1c34)C62. The number of hydrogen-bond donors (Lipinski definition) is 0. The average molecular weight is 859 g/mol. The molecule has 0 spiro atoms. The number of hydrogen-bond acceptors (Lipinski definition) is 2. The van der Waals surface area contributed by atoms with Gasteiger partial charge in [0.25, 0.3) is 0 Å². The van der Waals surface area contributed by atoms with E-state index in [0.29, 0.717) is 0 Å². The van der Waals surface area contributed by atoms with E-state index >= 15 is 0 Å². The van der Waals surface area contributed by atoms with Gasteiger partial charge in [-0.3, -0.25) is 0 Å². The van der Waals surface area contributed by atoms with Gasteiger partial charge in [-0.1, -0.05) is 6.07 Å². The quantitative estimate of drug-likeness (QED) is 0.165. The van der Waals surface area contributed by atoms with Crippen molar-refractivity contribution in [2.24, 2.45) is 0 Å². The summed E-state index contributed by atoms with van der Waals surface area (Å²) in [6.07, 6.45) is 0. The van der Waals surface area contributed by atoms with Crippen molar-refractivity contribution in [3.8, 4) is 11.5 Å². The Balaban J connectivity index is 1.21. The molecule has 294 valence electrons. The molecule has 0 fully saturated rings. The Morgan fingerprint density at radius 1 is 0.229 bits per heavy atom. The normalized spacial score (nSPS) is 20.6. The monoisotopic (exact) mass is 858 g/mol. The second-order valence-corrected chi connectivity index (χ2v) is 25.1. The highest BCUT2D eigenvalue weighted by molar-refractivity contribution is 6.82. The fraction of sp³-hybridized carbons (Fsp3) is 0.0588. The third-order valence-electron chi connectivity index (χ3n) is 24.9. The second kappa shape index (κ2) is 5.98. The number of benzene rings is 19. The molecule has 0 aromatic heterocycles. The molecule has 2 nitrogen and oxygen atoms in total. The largest absolute Gasteiger partial charge is 0.496 e. The molecule has 70 heavy (non-hydrogen) atoms. The molecule has 4 aliphatic rings. The van der Waals surface area contributed by atoms with Crippen molar-refractivity contribution < 1.29 is 9.47 Å². The van der Waals surface area contributed by atoms with Gasteiger partial charge in [-0.05, 0) is 325 Å². The molecule has 0 aliphatic heterocycles. The zero-order valence-electron chi connectivity index (χ0n) is 36.1. The molecule has 0 amide bonds. The minimum absolute atomic E-state index is 0.0864. The highest BCUT2D eigenvalue weighted by atomic mass is 16.5. The first-order valence-corrected chi connectivity index (χ1v) is 25.8. The molecule has 29 aromatic carbocycles. The summed E-state index contributed by atoms with van der Waals surface area (Å²) in [5, 5.41) is 87.7. The van der Waals surface area contributed by atoms with Crippen molar-refractivity contribution in [2.45, 2.75) is 11.3 Å². The van der Waals surface area contributed by atoms with Gasteiger partial charge >= 0.3 is 0 Å². The van der Waals surface area contributed by atoms with Crippen LogP contribution in [0, 0.1) is 0 Å². The van der Waals surface area contributed by atoms with Gasteiger partial charge in [0.05, 0.1) is 25.2 Å². The van der Waals surface area contributed by atoms with Crippen LogP contribution in [0.4, 0.5) is 0 Å². The molecule has 0 heterocycles. The molecule has 0 saturated heterocycles. The van der Waals surface area contributed by atoms with Gasteiger partial charge in [0.2, 0.25) is 0 Å². The molecule has 0 saturated carbocycles. The first kappa shape index (κ1) is 26.1. The van der Waals surface area contributed by atoms with Gasteiger partial charge in [0.1, 0.15) is 11.5 Å². The van der Waals surface area contributed by atoms with Crippen LogP contribution < -0.4 is 9.47 Å². The maximum Gasteiger partial charge on any atom is 0.127 e. The predicted octanol–water partition coefficient (Wildman–Crippen LogP) is 18.2. The lowest BCUT2D eigenvalue weighted by molar-refractivity contribution is 0.368. The molecule has 0 bridgehead atoms. The van der Waals surface area contributed by atoms with Crippen molar-refractivity contribution in [1.82, 2.24) is 0 Å². The van der Waals surface area contributed by atoms with Gasteiger partial charge in [0, 0.05) is 5.92 Å². The van der Waals surface area contributed by atoms with Crippen LogP contribution in [-0.4, -0.2) is 14.2 Å². The summed E-state index contributed by atoms with van der Waals surface area (Å²) in [7, 11) is 3.86. The lowest BCUT2D eigenvalue weighted by Gasteiger charge is -2.46. The third-order valence-corrected chi connectivity index (χ3v) is 24.9. The Morgan fingerprint density at radius 3 is 0.614 bits per heavy atom. The fourth-order valence-corrected chi connectivity index (χ4v) is 24.8. The standard InChI is InChI=1S/C68H10O2/c1-69-6-4-3-5-7(70-2)64(6)68-65-60-54-40-32-24-12-9-8-10-13(12)25-27-23-17(10)19-15-11(8)14-18-16(9)22-26(24)38(40)46-44-30(22)28(18)36-34-20(14)21(15)35-37-29(19)31(23)45-47-39(27)41(33(25)32)55(54)61(65)57(47)59-51(45)49(37)53-43(35)42(34)52-48(36)50(44)58(56(46)60)66(68)62(52)63(53)67(59)68/h3-5,65H,1-2H3. The van der Waals surface area contributed by atoms with Gasteiger partial charge in [-0.2, -0.15) is 0 Å². The maximum atomic E-state index is 6.86. The molecule has 29 aromatic rings. The highest BCUT2D eigenvalue weighted by Crippen LogP contribution is 2.84. The van der Waals surface area contributed by atoms with Gasteiger partial charge in [0.15, 0.2) is 0 Å². The van der Waals surface area contributed by atoms with Gasteiger partial charge in [-0.25, -0.2) is 0 Å². The van der Waals surface area contributed by atoms with Gasteiger partial charge in [-0.15, -0.1) is 0 Å². The van der Waals surface area contributed by atoms with Crippen molar-refractivity contribution in [3.63, 3.8) is 0 Å². The number of ether oxygens (including phenoxy) is 2. The van der Waals surface area contributed by atoms with E-state index in [1.165, 1.54) is 5.56 Å². The average Bonchev–Trinajstić information content (AvgIpc) is 4.27. The molecule has 0 N–H and O–H groups in total. The summed E-state index contributed by atoms with van der Waals surface area (Å²) >= 11 is 0. The van der Waals surface area contributed by atoms with Crippen molar-refractivity contribution in [1.29, 1.82) is 0 Å². The van der Waals surface area contributed by atoms with E-state index < -0.39 is 5.41 Å². The maximum absolute atomic E-state index is 6.86. The Kier molecular flexibility index (Phi) is 2.23. The van der Waals surface area contributed by atoms with Crippen LogP contribution >= 0.6 is 0 Å². The minimum atomic E-state index is -0.566. The van der Waals surface area contributed by atoms with Gasteiger partial charge < -0.3 is 9.47 Å². The smallest absolute Gasteiger partial charge is 0.127 e. The van der Waals surface area contributed by atoms with E-state index in [4.69, 9.17) is 9.47 Å². The van der Waals surface area contributed by atoms with Crippen molar-refractivity contribution in [3.05, 3.63) is 46.0 Å². The summed E-state index contributed by atoms with van der Waals surface area (Å²) in [6.45, 7) is 0. The summed E-state index contributed by atoms with van der Waals surface area (Å²) in [5.41, 5.74) is 7.22. The van der Waals surface area contributed by atoms with Crippen LogP contribution in [0.25, 0.3) is 291 Å². The first-order chi connectivity index (χ1) is 34.9. The van der Waals surface area contributed by atoms with E-state index in [1.807, 2.05) is 14.2 Å². The van der Waals surface area contributed by atoms with Crippen LogP contribution in [0.2, 0.25) is 0 Å². The topological polar surface area (TPSA) is 18.5 Å². The second-order valence-electron chi connectivity index (χ2n) is 25.1. The predicted molar refractivity (Wildman–Crippen MR) is 294 cm³/mol. The van der Waals surface area contributed by atoms with E-state index in [1.54, 1.807) is 313 Å². The van der Waals surface area contributed by atoms with E-state index in [2.05, 4.69) is 18.2 Å². The molecule has 0 radical (unpaired) electrons. The van der Waals surface area contributed by atoms with E-state index in [0.717, 1.165) is 11.5 Å². The summed E-state index contributed by atoms with van der Waals surface area (Å²) in [4.78, 5) is 0. The fourth-order valence-electron chi connectivity index (χ4n) is 24.8. The highest BCUT2D eigenvalue weighted by Gasteiger charge is 2.65. The third kappa shape index (κ3) is 1.39. The van der Waals surface area contributed by atoms with Crippen LogP contribution in [0.5, 0.6) is 11.5 Å². The molecule has 4 aliphatic carbocycles. The van der Waals surface area contributed by atoms with Crippen LogP contribution in [-0.2, 0) is 5.41 Å². The zero-order chi connectivity index (χ0) is 41.8. The Hall–Kier alpha value is -8.72. The summed E-state index contributed by atoms with van der Waals surface area (Å²) in [6, 6.07) is 6.75. The first-order valence-electron chi connectivity index (χ1n) is 25.8. The van der Waals surface area contributed by atoms with E-state index in [-0.39, 0.29) is 5.92 Å². The summed E-state index contributed by atoms with van der Waals surface area (Å²) < 4.78 is 13.7. The molecular weight excluding hydrogens is 849 g/mol. The molecule has 0 unspecified atom stereocenters. The number of methoxy groups -OCH3 is 2. The van der Waals surface area contributed by atoms with Crippen LogP contribution in [0.3, 0.4) is 0 Å². The molecule has 2 heteroatoms. The van der Waals surface area contributed by atoms with E-state index in [9.17, 15) is 0 Å².